The molecule has 0 aliphatic rings. The predicted molar refractivity (Wildman–Crippen MR) is 139 cm³/mol. The first-order chi connectivity index (χ1) is 18.2. The van der Waals surface area contributed by atoms with Crippen LogP contribution in [0.4, 0.5) is 11.4 Å². The van der Waals surface area contributed by atoms with E-state index in [-0.39, 0.29) is 18.0 Å². The zero-order chi connectivity index (χ0) is 27.7. The molecule has 0 aliphatic heterocycles. The number of furan rings is 1. The number of carbonyl (C=O) groups is 4. The molecule has 0 atom stereocenters. The molecule has 198 valence electrons. The van der Waals surface area contributed by atoms with Gasteiger partial charge in [-0.15, -0.1) is 0 Å². The van der Waals surface area contributed by atoms with Crippen LogP contribution in [0.5, 0.6) is 11.5 Å². The molecule has 12 heteroatoms. The molecule has 0 spiro atoms. The van der Waals surface area contributed by atoms with Crippen LogP contribution in [-0.2, 0) is 25.7 Å². The zero-order valence-corrected chi connectivity index (χ0v) is 21.2. The van der Waals surface area contributed by atoms with Crippen molar-refractivity contribution in [1.82, 2.24) is 10.7 Å². The number of nitrogens with one attached hydrogen (secondary N) is 4. The highest BCUT2D eigenvalue weighted by molar-refractivity contribution is 6.40. The predicted octanol–water partition coefficient (Wildman–Crippen LogP) is 2.26. The molecule has 0 aliphatic carbocycles. The van der Waals surface area contributed by atoms with Crippen LogP contribution in [0.2, 0.25) is 0 Å². The summed E-state index contributed by atoms with van der Waals surface area (Å²) in [6.45, 7) is 3.80. The summed E-state index contributed by atoms with van der Waals surface area (Å²) in [4.78, 5) is 48.5. The second-order valence-corrected chi connectivity index (χ2v) is 7.96. The molecular formula is C26H27N5O7. The minimum Gasteiger partial charge on any atom is -0.497 e. The molecule has 0 saturated heterocycles. The molecule has 12 nitrogen and oxygen atoms in total. The van der Waals surface area contributed by atoms with Gasteiger partial charge in [-0.25, -0.2) is 5.43 Å². The van der Waals surface area contributed by atoms with Gasteiger partial charge in [-0.05, 0) is 61.4 Å². The molecule has 0 bridgehead atoms. The highest BCUT2D eigenvalue weighted by Gasteiger charge is 2.17. The van der Waals surface area contributed by atoms with E-state index < -0.39 is 23.6 Å². The third-order valence-corrected chi connectivity index (χ3v) is 5.30. The molecule has 2 aromatic carbocycles. The third kappa shape index (κ3) is 7.43. The molecule has 4 amide bonds. The van der Waals surface area contributed by atoms with Crippen LogP contribution in [0.1, 0.15) is 22.6 Å². The fourth-order valence-electron chi connectivity index (χ4n) is 3.11. The summed E-state index contributed by atoms with van der Waals surface area (Å²) in [5.74, 6) is -2.26. The number of hydrazone groups is 1. The van der Waals surface area contributed by atoms with Crippen molar-refractivity contribution in [2.75, 3.05) is 24.9 Å². The monoisotopic (exact) mass is 521 g/mol. The number of methoxy groups -OCH3 is 2. The average Bonchev–Trinajstić information content (AvgIpc) is 3.36. The number of hydrogen-bond donors (Lipinski definition) is 4. The van der Waals surface area contributed by atoms with Crippen molar-refractivity contribution in [1.29, 1.82) is 0 Å². The molecule has 1 aromatic heterocycles. The maximum absolute atomic E-state index is 12.2. The Kier molecular flexibility index (Phi) is 9.19. The van der Waals surface area contributed by atoms with Crippen LogP contribution in [0.25, 0.3) is 0 Å². The lowest BCUT2D eigenvalue weighted by Gasteiger charge is -2.10. The Morgan fingerprint density at radius 2 is 1.61 bits per heavy atom. The van der Waals surface area contributed by atoms with E-state index in [2.05, 4.69) is 26.5 Å². The number of carbonyl (C=O) groups excluding carboxylic acids is 4. The van der Waals surface area contributed by atoms with Gasteiger partial charge in [0.2, 0.25) is 0 Å². The number of benzene rings is 2. The smallest absolute Gasteiger partial charge is 0.329 e. The van der Waals surface area contributed by atoms with Crippen LogP contribution in [-0.4, -0.2) is 44.1 Å². The van der Waals surface area contributed by atoms with Gasteiger partial charge in [0, 0.05) is 11.8 Å². The van der Waals surface area contributed by atoms with Gasteiger partial charge in [0.25, 0.3) is 0 Å². The number of aryl methyl sites for hydroxylation is 2. The number of anilines is 2. The first kappa shape index (κ1) is 27.5. The Morgan fingerprint density at radius 1 is 0.842 bits per heavy atom. The number of amides is 4. The Balaban J connectivity index is 1.47. The third-order valence-electron chi connectivity index (χ3n) is 5.30. The summed E-state index contributed by atoms with van der Waals surface area (Å²) in [5, 5.41) is 11.1. The van der Waals surface area contributed by atoms with Crippen LogP contribution >= 0.6 is 0 Å². The van der Waals surface area contributed by atoms with E-state index in [1.807, 2.05) is 19.9 Å². The van der Waals surface area contributed by atoms with Crippen molar-refractivity contribution >= 4 is 41.2 Å². The summed E-state index contributed by atoms with van der Waals surface area (Å²) < 4.78 is 15.7. The van der Waals surface area contributed by atoms with Gasteiger partial charge < -0.3 is 29.8 Å². The second-order valence-electron chi connectivity index (χ2n) is 7.96. The van der Waals surface area contributed by atoms with Crippen LogP contribution < -0.4 is 30.8 Å². The van der Waals surface area contributed by atoms with Crippen molar-refractivity contribution in [3.8, 4) is 11.5 Å². The van der Waals surface area contributed by atoms with Crippen molar-refractivity contribution in [2.45, 2.75) is 20.4 Å². The van der Waals surface area contributed by atoms with Gasteiger partial charge in [0.15, 0.2) is 0 Å². The van der Waals surface area contributed by atoms with Crippen LogP contribution in [0.15, 0.2) is 58.0 Å². The fraction of sp³-hybridized carbons (Fsp3) is 0.192. The zero-order valence-electron chi connectivity index (χ0n) is 21.2. The van der Waals surface area contributed by atoms with E-state index in [0.717, 1.165) is 11.1 Å². The van der Waals surface area contributed by atoms with Gasteiger partial charge in [-0.3, -0.25) is 19.2 Å². The summed E-state index contributed by atoms with van der Waals surface area (Å²) in [5.41, 5.74) is 4.91. The van der Waals surface area contributed by atoms with Crippen LogP contribution in [0, 0.1) is 13.8 Å². The SMILES string of the molecule is COc1ccc(OC)c(NC(=O)C(=O)N/N=C/c2ccc(CNC(=O)C(=O)Nc3ccc(C)c(C)c3)o2)c1. The lowest BCUT2D eigenvalue weighted by atomic mass is 10.1. The highest BCUT2D eigenvalue weighted by atomic mass is 16.5. The van der Waals surface area contributed by atoms with Crippen molar-refractivity contribution in [3.05, 3.63) is 71.2 Å². The van der Waals surface area contributed by atoms with Crippen molar-refractivity contribution in [2.24, 2.45) is 5.10 Å². The topological polar surface area (TPSA) is 160 Å². The average molecular weight is 522 g/mol. The first-order valence-electron chi connectivity index (χ1n) is 11.3. The number of nitrogens with zero attached hydrogens (tertiary/aromatic N) is 1. The summed E-state index contributed by atoms with van der Waals surface area (Å²) in [6.07, 6.45) is 1.18. The molecule has 0 radical (unpaired) electrons. The second kappa shape index (κ2) is 12.7. The van der Waals surface area contributed by atoms with E-state index in [1.54, 1.807) is 30.3 Å². The molecule has 38 heavy (non-hydrogen) atoms. The van der Waals surface area contributed by atoms with E-state index >= 15 is 0 Å². The van der Waals surface area contributed by atoms with Crippen molar-refractivity contribution in [3.63, 3.8) is 0 Å². The standard InChI is InChI=1S/C26H27N5O7/c1-15-5-6-17(11-16(15)2)29-24(33)23(32)27-13-19-7-8-20(38-19)14-28-31-26(35)25(34)30-21-12-18(36-3)9-10-22(21)37-4/h5-12,14H,13H2,1-4H3,(H,27,32)(H,29,33)(H,30,34)(H,31,35)/b28-14+. The summed E-state index contributed by atoms with van der Waals surface area (Å²) >= 11 is 0. The van der Waals surface area contributed by atoms with Crippen LogP contribution in [0.3, 0.4) is 0 Å². The quantitative estimate of drug-likeness (QED) is 0.201. The Labute approximate surface area is 218 Å². The molecule has 3 aromatic rings. The maximum atomic E-state index is 12.2. The first-order valence-corrected chi connectivity index (χ1v) is 11.3. The van der Waals surface area contributed by atoms with Gasteiger partial charge in [0.05, 0.1) is 32.7 Å². The minimum absolute atomic E-state index is 0.0514. The molecule has 1 heterocycles. The Morgan fingerprint density at radius 3 is 2.32 bits per heavy atom. The number of hydrogen-bond acceptors (Lipinski definition) is 8. The Hall–Kier alpha value is -5.13. The summed E-state index contributed by atoms with van der Waals surface area (Å²) in [7, 11) is 2.89. The lowest BCUT2D eigenvalue weighted by molar-refractivity contribution is -0.136. The molecule has 0 fully saturated rings. The molecule has 0 saturated carbocycles. The van der Waals surface area contributed by atoms with Gasteiger partial charge >= 0.3 is 23.6 Å². The van der Waals surface area contributed by atoms with E-state index in [0.29, 0.717) is 22.9 Å². The fourth-order valence-corrected chi connectivity index (χ4v) is 3.11. The molecule has 4 N–H and O–H groups in total. The van der Waals surface area contributed by atoms with Crippen molar-refractivity contribution < 1.29 is 33.1 Å². The number of rotatable bonds is 8. The maximum Gasteiger partial charge on any atom is 0.329 e. The normalized spacial score (nSPS) is 10.5. The largest absolute Gasteiger partial charge is 0.497 e. The van der Waals surface area contributed by atoms with Gasteiger partial charge in [-0.1, -0.05) is 6.07 Å². The Bertz CT molecular complexity index is 1380. The summed E-state index contributed by atoms with van der Waals surface area (Å²) in [6, 6.07) is 13.2. The van der Waals surface area contributed by atoms with E-state index in [4.69, 9.17) is 13.9 Å². The minimum atomic E-state index is -1.03. The highest BCUT2D eigenvalue weighted by Crippen LogP contribution is 2.28. The van der Waals surface area contributed by atoms with E-state index in [9.17, 15) is 19.2 Å². The van der Waals surface area contributed by atoms with E-state index in [1.165, 1.54) is 32.6 Å². The number of ether oxygens (including phenoxy) is 2. The van der Waals surface area contributed by atoms with Gasteiger partial charge in [0.1, 0.15) is 23.0 Å². The molecule has 3 rings (SSSR count). The lowest BCUT2D eigenvalue weighted by Crippen LogP contribution is -2.34. The molecule has 0 unspecified atom stereocenters. The molecular weight excluding hydrogens is 494 g/mol. The van der Waals surface area contributed by atoms with Gasteiger partial charge in [-0.2, -0.15) is 5.10 Å².